The van der Waals surface area contributed by atoms with Gasteiger partial charge in [0.25, 0.3) is 0 Å². The van der Waals surface area contributed by atoms with Gasteiger partial charge in [0.2, 0.25) is 5.91 Å². The lowest BCUT2D eigenvalue weighted by Gasteiger charge is -2.38. The third-order valence-electron chi connectivity index (χ3n) is 5.81. The first-order valence-corrected chi connectivity index (χ1v) is 11.4. The molecule has 4 rings (SSSR count). The maximum absolute atomic E-state index is 13.4. The van der Waals surface area contributed by atoms with Crippen molar-refractivity contribution in [1.82, 2.24) is 4.98 Å². The molecule has 1 aliphatic rings. The highest BCUT2D eigenvalue weighted by molar-refractivity contribution is 6.30. The maximum atomic E-state index is 13.4. The first kappa shape index (κ1) is 22.9. The summed E-state index contributed by atoms with van der Waals surface area (Å²) in [4.78, 5) is 21.8. The Morgan fingerprint density at radius 3 is 2.55 bits per heavy atom. The number of hydrogen-bond acceptors (Lipinski definition) is 5. The van der Waals surface area contributed by atoms with E-state index < -0.39 is 6.04 Å². The summed E-state index contributed by atoms with van der Waals surface area (Å²) in [5.41, 5.74) is 3.29. The Kier molecular flexibility index (Phi) is 6.47. The first-order valence-electron chi connectivity index (χ1n) is 11.1. The number of anilines is 2. The van der Waals surface area contributed by atoms with Crippen LogP contribution in [0.4, 0.5) is 11.5 Å². The van der Waals surface area contributed by atoms with Gasteiger partial charge < -0.3 is 14.7 Å². The molecule has 7 heteroatoms. The van der Waals surface area contributed by atoms with Crippen LogP contribution in [0.25, 0.3) is 0 Å². The number of fused-ring (bicyclic) bond motifs is 1. The first-order chi connectivity index (χ1) is 15.8. The number of pyridine rings is 1. The molecule has 1 unspecified atom stereocenters. The molecule has 0 fully saturated rings. The van der Waals surface area contributed by atoms with Gasteiger partial charge in [-0.1, -0.05) is 23.7 Å². The third-order valence-corrected chi connectivity index (χ3v) is 6.06. The van der Waals surface area contributed by atoms with Crippen LogP contribution in [0, 0.1) is 0 Å². The van der Waals surface area contributed by atoms with Crippen molar-refractivity contribution in [2.75, 3.05) is 23.4 Å². The number of aromatic nitrogens is 1. The number of ether oxygens (including phenoxy) is 1. The fourth-order valence-electron chi connectivity index (χ4n) is 4.09. The molecule has 0 spiro atoms. The lowest BCUT2D eigenvalue weighted by Crippen LogP contribution is -2.41. The van der Waals surface area contributed by atoms with Crippen LogP contribution < -0.4 is 14.5 Å². The number of rotatable bonds is 6. The van der Waals surface area contributed by atoms with E-state index in [1.165, 1.54) is 0 Å². The second kappa shape index (κ2) is 9.32. The summed E-state index contributed by atoms with van der Waals surface area (Å²) in [7, 11) is 1.98. The van der Waals surface area contributed by atoms with Crippen LogP contribution in [0.2, 0.25) is 5.02 Å². The van der Waals surface area contributed by atoms with Crippen LogP contribution in [0.3, 0.4) is 0 Å². The average molecular weight is 466 g/mol. The molecule has 6 nitrogen and oxygen atoms in total. The van der Waals surface area contributed by atoms with Crippen LogP contribution in [-0.2, 0) is 11.2 Å². The molecular formula is C26H28ClN3O3. The number of carbonyl (C=O) groups excluding carboxylic acids is 1. The van der Waals surface area contributed by atoms with E-state index in [4.69, 9.17) is 16.3 Å². The molecule has 0 saturated carbocycles. The summed E-state index contributed by atoms with van der Waals surface area (Å²) < 4.78 is 5.84. The molecule has 0 radical (unpaired) electrons. The number of phenolic OH excluding ortho intramolecular Hbond substituents is 1. The van der Waals surface area contributed by atoms with Crippen molar-refractivity contribution in [2.24, 2.45) is 0 Å². The number of amides is 1. The molecule has 33 heavy (non-hydrogen) atoms. The van der Waals surface area contributed by atoms with Crippen molar-refractivity contribution in [3.8, 4) is 11.5 Å². The summed E-state index contributed by atoms with van der Waals surface area (Å²) in [6.45, 7) is 6.71. The predicted octanol–water partition coefficient (Wildman–Crippen LogP) is 5.36. The van der Waals surface area contributed by atoms with Crippen molar-refractivity contribution >= 4 is 29.0 Å². The Morgan fingerprint density at radius 1 is 1.21 bits per heavy atom. The Bertz CT molecular complexity index is 1150. The van der Waals surface area contributed by atoms with Gasteiger partial charge in [-0.15, -0.1) is 0 Å². The minimum Gasteiger partial charge on any atom is -0.504 e. The largest absolute Gasteiger partial charge is 0.504 e. The molecule has 1 N–H and O–H groups in total. The van der Waals surface area contributed by atoms with Crippen molar-refractivity contribution in [2.45, 2.75) is 39.3 Å². The van der Waals surface area contributed by atoms with Gasteiger partial charge >= 0.3 is 0 Å². The highest BCUT2D eigenvalue weighted by Gasteiger charge is 2.36. The zero-order valence-electron chi connectivity index (χ0n) is 19.2. The minimum atomic E-state index is -0.412. The summed E-state index contributed by atoms with van der Waals surface area (Å²) in [6.07, 6.45) is 1.81. The fraction of sp³-hybridized carbons (Fsp3) is 0.308. The minimum absolute atomic E-state index is 0.0344. The second-order valence-corrected chi connectivity index (χ2v) is 8.91. The third kappa shape index (κ3) is 4.62. The van der Waals surface area contributed by atoms with E-state index >= 15 is 0 Å². The summed E-state index contributed by atoms with van der Waals surface area (Å²) in [6, 6.07) is 14.4. The normalized spacial score (nSPS) is 15.5. The summed E-state index contributed by atoms with van der Waals surface area (Å²) in [5.74, 6) is 1.20. The zero-order valence-corrected chi connectivity index (χ0v) is 20.0. The monoisotopic (exact) mass is 465 g/mol. The molecule has 172 valence electrons. The molecule has 1 aromatic heterocycles. The van der Waals surface area contributed by atoms with Crippen LogP contribution in [0.15, 0.2) is 54.7 Å². The fourth-order valence-corrected chi connectivity index (χ4v) is 4.22. The van der Waals surface area contributed by atoms with Crippen molar-refractivity contribution in [3.63, 3.8) is 0 Å². The molecule has 0 aliphatic carbocycles. The number of benzene rings is 2. The van der Waals surface area contributed by atoms with E-state index in [-0.39, 0.29) is 24.2 Å². The number of nitrogens with zero attached hydrogens (tertiary/aromatic N) is 3. The number of aromatic hydroxyl groups is 1. The van der Waals surface area contributed by atoms with Crippen LogP contribution >= 0.6 is 11.6 Å². The van der Waals surface area contributed by atoms with Gasteiger partial charge in [0.05, 0.1) is 30.5 Å². The topological polar surface area (TPSA) is 65.9 Å². The van der Waals surface area contributed by atoms with E-state index in [1.807, 2.05) is 68.3 Å². The average Bonchev–Trinajstić information content (AvgIpc) is 2.79. The molecule has 1 aliphatic heterocycles. The van der Waals surface area contributed by atoms with Crippen molar-refractivity contribution in [1.29, 1.82) is 0 Å². The molecule has 3 aromatic rings. The second-order valence-electron chi connectivity index (χ2n) is 8.47. The molecule has 0 saturated heterocycles. The highest BCUT2D eigenvalue weighted by atomic mass is 35.5. The van der Waals surface area contributed by atoms with Gasteiger partial charge in [-0.05, 0) is 73.9 Å². The van der Waals surface area contributed by atoms with Gasteiger partial charge in [0.1, 0.15) is 5.82 Å². The van der Waals surface area contributed by atoms with Crippen LogP contribution in [0.1, 0.15) is 43.5 Å². The zero-order chi connectivity index (χ0) is 23.7. The maximum Gasteiger partial charge on any atom is 0.232 e. The standard InChI is InChI=1S/C26H28ClN3O3/c1-5-29(4)24-11-10-20(15-28-24)30-25(32)13-18-12-22(31)23(33-16(2)3)14-21(18)26(30)17-6-8-19(27)9-7-17/h6-12,14-16,26,31H,5,13H2,1-4H3. The van der Waals surface area contributed by atoms with E-state index in [9.17, 15) is 9.90 Å². The lowest BCUT2D eigenvalue weighted by atomic mass is 9.87. The molecule has 1 amide bonds. The summed E-state index contributed by atoms with van der Waals surface area (Å²) >= 11 is 6.15. The number of hydrogen-bond donors (Lipinski definition) is 1. The van der Waals surface area contributed by atoms with Gasteiger partial charge in [-0.2, -0.15) is 0 Å². The van der Waals surface area contributed by atoms with E-state index in [0.29, 0.717) is 16.5 Å². The van der Waals surface area contributed by atoms with Crippen molar-refractivity contribution in [3.05, 3.63) is 76.4 Å². The number of phenols is 1. The molecule has 0 bridgehead atoms. The molecule has 2 aromatic carbocycles. The van der Waals surface area contributed by atoms with E-state index in [1.54, 1.807) is 17.2 Å². The van der Waals surface area contributed by atoms with Crippen LogP contribution in [-0.4, -0.2) is 35.7 Å². The Balaban J connectivity index is 1.86. The number of halogens is 1. The van der Waals surface area contributed by atoms with E-state index in [2.05, 4.69) is 11.9 Å². The van der Waals surface area contributed by atoms with Gasteiger partial charge in [-0.3, -0.25) is 9.69 Å². The van der Waals surface area contributed by atoms with Gasteiger partial charge in [0, 0.05) is 18.6 Å². The molecule has 1 atom stereocenters. The Hall–Kier alpha value is -3.25. The van der Waals surface area contributed by atoms with Crippen molar-refractivity contribution < 1.29 is 14.6 Å². The number of carbonyl (C=O) groups is 1. The predicted molar refractivity (Wildman–Crippen MR) is 132 cm³/mol. The lowest BCUT2D eigenvalue weighted by molar-refractivity contribution is -0.118. The smallest absolute Gasteiger partial charge is 0.232 e. The SMILES string of the molecule is CCN(C)c1ccc(N2C(=O)Cc3cc(O)c(OC(C)C)cc3C2c2ccc(Cl)cc2)cn1. The van der Waals surface area contributed by atoms with Gasteiger partial charge in [0.15, 0.2) is 11.5 Å². The summed E-state index contributed by atoms with van der Waals surface area (Å²) in [5, 5.41) is 11.1. The molecule has 2 heterocycles. The van der Waals surface area contributed by atoms with Gasteiger partial charge in [-0.25, -0.2) is 4.98 Å². The Labute approximate surface area is 199 Å². The Morgan fingerprint density at radius 2 is 1.94 bits per heavy atom. The van der Waals surface area contributed by atoms with E-state index in [0.717, 1.165) is 29.1 Å². The highest BCUT2D eigenvalue weighted by Crippen LogP contribution is 2.43. The molecular weight excluding hydrogens is 438 g/mol. The van der Waals surface area contributed by atoms with Crippen LogP contribution in [0.5, 0.6) is 11.5 Å². The quantitative estimate of drug-likeness (QED) is 0.530.